The van der Waals surface area contributed by atoms with Gasteiger partial charge in [0.1, 0.15) is 5.69 Å². The largest absolute Gasteiger partial charge is 0.334 e. The summed E-state index contributed by atoms with van der Waals surface area (Å²) in [7, 11) is 0. The SMILES string of the molecule is CC1CN(C(=O)c2ccc(Br)cn2)CC(C)N1. The van der Waals surface area contributed by atoms with E-state index in [9.17, 15) is 4.79 Å². The number of piperazine rings is 1. The smallest absolute Gasteiger partial charge is 0.272 e. The number of carbonyl (C=O) groups excluding carboxylic acids is 1. The number of halogens is 1. The molecule has 2 unspecified atom stereocenters. The van der Waals surface area contributed by atoms with Gasteiger partial charge in [0.2, 0.25) is 0 Å². The van der Waals surface area contributed by atoms with Gasteiger partial charge in [0.15, 0.2) is 0 Å². The lowest BCUT2D eigenvalue weighted by molar-refractivity contribution is 0.0668. The van der Waals surface area contributed by atoms with E-state index in [0.29, 0.717) is 17.8 Å². The van der Waals surface area contributed by atoms with Crippen molar-refractivity contribution in [3.05, 3.63) is 28.5 Å². The second-order valence-corrected chi connectivity index (χ2v) is 5.46. The molecule has 1 N–H and O–H groups in total. The highest BCUT2D eigenvalue weighted by molar-refractivity contribution is 9.10. The molecule has 0 saturated carbocycles. The molecule has 0 spiro atoms. The van der Waals surface area contributed by atoms with Crippen LogP contribution in [0.3, 0.4) is 0 Å². The van der Waals surface area contributed by atoms with Gasteiger partial charge in [-0.3, -0.25) is 4.79 Å². The Balaban J connectivity index is 2.11. The Morgan fingerprint density at radius 2 is 2.06 bits per heavy atom. The molecule has 1 aliphatic heterocycles. The van der Waals surface area contributed by atoms with Gasteiger partial charge in [-0.15, -0.1) is 0 Å². The van der Waals surface area contributed by atoms with Crippen molar-refractivity contribution < 1.29 is 4.79 Å². The molecule has 1 saturated heterocycles. The molecule has 2 heterocycles. The molecule has 0 aliphatic carbocycles. The lowest BCUT2D eigenvalue weighted by Gasteiger charge is -2.35. The normalized spacial score (nSPS) is 24.8. The number of nitrogens with zero attached hydrogens (tertiary/aromatic N) is 2. The monoisotopic (exact) mass is 297 g/mol. The van der Waals surface area contributed by atoms with E-state index in [1.54, 1.807) is 12.3 Å². The quantitative estimate of drug-likeness (QED) is 0.858. The number of carbonyl (C=O) groups is 1. The summed E-state index contributed by atoms with van der Waals surface area (Å²) >= 11 is 3.31. The Kier molecular flexibility index (Phi) is 3.79. The predicted octanol–water partition coefficient (Wildman–Crippen LogP) is 1.67. The van der Waals surface area contributed by atoms with Crippen molar-refractivity contribution >= 4 is 21.8 Å². The van der Waals surface area contributed by atoms with Gasteiger partial charge in [0.05, 0.1) is 0 Å². The molecule has 2 rings (SSSR count). The summed E-state index contributed by atoms with van der Waals surface area (Å²) in [5, 5.41) is 3.40. The van der Waals surface area contributed by atoms with Crippen LogP contribution in [0.1, 0.15) is 24.3 Å². The van der Waals surface area contributed by atoms with E-state index in [0.717, 1.165) is 17.6 Å². The molecule has 0 radical (unpaired) electrons. The first-order chi connectivity index (χ1) is 8.06. The van der Waals surface area contributed by atoms with Crippen LogP contribution in [0.4, 0.5) is 0 Å². The molecule has 1 fully saturated rings. The molecule has 17 heavy (non-hydrogen) atoms. The maximum atomic E-state index is 12.2. The van der Waals surface area contributed by atoms with Crippen molar-refractivity contribution in [3.8, 4) is 0 Å². The number of nitrogens with one attached hydrogen (secondary N) is 1. The highest BCUT2D eigenvalue weighted by atomic mass is 79.9. The average molecular weight is 298 g/mol. The molecule has 1 amide bonds. The zero-order valence-electron chi connectivity index (χ0n) is 9.98. The Bertz CT molecular complexity index is 397. The van der Waals surface area contributed by atoms with Gasteiger partial charge in [-0.1, -0.05) is 0 Å². The van der Waals surface area contributed by atoms with E-state index >= 15 is 0 Å². The third-order valence-electron chi connectivity index (χ3n) is 2.79. The van der Waals surface area contributed by atoms with Crippen LogP contribution in [0.5, 0.6) is 0 Å². The van der Waals surface area contributed by atoms with E-state index in [1.807, 2.05) is 11.0 Å². The van der Waals surface area contributed by atoms with Crippen LogP contribution >= 0.6 is 15.9 Å². The third kappa shape index (κ3) is 3.04. The van der Waals surface area contributed by atoms with E-state index in [1.165, 1.54) is 0 Å². The van der Waals surface area contributed by atoms with E-state index in [4.69, 9.17) is 0 Å². The van der Waals surface area contributed by atoms with Crippen LogP contribution in [0, 0.1) is 0 Å². The Morgan fingerprint density at radius 1 is 1.41 bits per heavy atom. The Labute approximate surface area is 110 Å². The molecule has 1 aromatic heterocycles. The fourth-order valence-electron chi connectivity index (χ4n) is 2.16. The number of hydrogen-bond donors (Lipinski definition) is 1. The average Bonchev–Trinajstić information content (AvgIpc) is 2.28. The van der Waals surface area contributed by atoms with Crippen molar-refractivity contribution in [1.82, 2.24) is 15.2 Å². The molecular formula is C12H16BrN3O. The highest BCUT2D eigenvalue weighted by Gasteiger charge is 2.25. The van der Waals surface area contributed by atoms with Gasteiger partial charge in [-0.2, -0.15) is 0 Å². The molecule has 5 heteroatoms. The zero-order valence-corrected chi connectivity index (χ0v) is 11.6. The first-order valence-electron chi connectivity index (χ1n) is 5.73. The van der Waals surface area contributed by atoms with Crippen molar-refractivity contribution in [2.75, 3.05) is 13.1 Å². The van der Waals surface area contributed by atoms with Crippen LogP contribution in [0.2, 0.25) is 0 Å². The molecular weight excluding hydrogens is 282 g/mol. The van der Waals surface area contributed by atoms with E-state index < -0.39 is 0 Å². The number of amides is 1. The van der Waals surface area contributed by atoms with Crippen LogP contribution < -0.4 is 5.32 Å². The summed E-state index contributed by atoms with van der Waals surface area (Å²) in [6, 6.07) is 4.26. The van der Waals surface area contributed by atoms with E-state index in [-0.39, 0.29) is 5.91 Å². The Morgan fingerprint density at radius 3 is 2.59 bits per heavy atom. The van der Waals surface area contributed by atoms with Crippen LogP contribution in [-0.2, 0) is 0 Å². The summed E-state index contributed by atoms with van der Waals surface area (Å²) in [6.07, 6.45) is 1.66. The van der Waals surface area contributed by atoms with E-state index in [2.05, 4.69) is 40.1 Å². The van der Waals surface area contributed by atoms with Crippen molar-refractivity contribution in [1.29, 1.82) is 0 Å². The van der Waals surface area contributed by atoms with Gasteiger partial charge in [-0.25, -0.2) is 4.98 Å². The number of rotatable bonds is 1. The first-order valence-corrected chi connectivity index (χ1v) is 6.52. The van der Waals surface area contributed by atoms with Gasteiger partial charge < -0.3 is 10.2 Å². The van der Waals surface area contributed by atoms with Gasteiger partial charge in [-0.05, 0) is 41.9 Å². The van der Waals surface area contributed by atoms with Crippen LogP contribution in [0.15, 0.2) is 22.8 Å². The minimum Gasteiger partial charge on any atom is -0.334 e. The summed E-state index contributed by atoms with van der Waals surface area (Å²) in [6.45, 7) is 5.65. The van der Waals surface area contributed by atoms with Gasteiger partial charge >= 0.3 is 0 Å². The molecule has 4 nitrogen and oxygen atoms in total. The minimum absolute atomic E-state index is 0.0118. The van der Waals surface area contributed by atoms with Crippen molar-refractivity contribution in [2.24, 2.45) is 0 Å². The second-order valence-electron chi connectivity index (χ2n) is 4.54. The predicted molar refractivity (Wildman–Crippen MR) is 69.9 cm³/mol. The lowest BCUT2D eigenvalue weighted by atomic mass is 10.1. The highest BCUT2D eigenvalue weighted by Crippen LogP contribution is 2.11. The molecule has 0 aromatic carbocycles. The molecule has 0 bridgehead atoms. The summed E-state index contributed by atoms with van der Waals surface area (Å²) in [5.74, 6) is 0.0118. The molecule has 1 aromatic rings. The molecule has 1 aliphatic rings. The maximum Gasteiger partial charge on any atom is 0.272 e. The Hall–Kier alpha value is -0.940. The fraction of sp³-hybridized carbons (Fsp3) is 0.500. The maximum absolute atomic E-state index is 12.2. The summed E-state index contributed by atoms with van der Waals surface area (Å²) < 4.78 is 0.885. The molecule has 2 atom stereocenters. The zero-order chi connectivity index (χ0) is 12.4. The second kappa shape index (κ2) is 5.14. The minimum atomic E-state index is 0.0118. The number of hydrogen-bond acceptors (Lipinski definition) is 3. The summed E-state index contributed by atoms with van der Waals surface area (Å²) in [4.78, 5) is 18.2. The van der Waals surface area contributed by atoms with Crippen LogP contribution in [0.25, 0.3) is 0 Å². The third-order valence-corrected chi connectivity index (χ3v) is 3.26. The van der Waals surface area contributed by atoms with Gasteiger partial charge in [0, 0.05) is 35.8 Å². The standard InChI is InChI=1S/C12H16BrN3O/c1-8-6-16(7-9(2)15-8)12(17)11-4-3-10(13)5-14-11/h3-5,8-9,15H,6-7H2,1-2H3. The first kappa shape index (κ1) is 12.5. The van der Waals surface area contributed by atoms with Gasteiger partial charge in [0.25, 0.3) is 5.91 Å². The van der Waals surface area contributed by atoms with Crippen molar-refractivity contribution in [2.45, 2.75) is 25.9 Å². The summed E-state index contributed by atoms with van der Waals surface area (Å²) in [5.41, 5.74) is 0.509. The fourth-order valence-corrected chi connectivity index (χ4v) is 2.39. The van der Waals surface area contributed by atoms with Crippen LogP contribution in [-0.4, -0.2) is 41.0 Å². The number of pyridine rings is 1. The topological polar surface area (TPSA) is 45.2 Å². The van der Waals surface area contributed by atoms with Crippen molar-refractivity contribution in [3.63, 3.8) is 0 Å². The lowest BCUT2D eigenvalue weighted by Crippen LogP contribution is -2.55. The molecule has 92 valence electrons. The number of aromatic nitrogens is 1.